The molecule has 2 aromatic rings. The van der Waals surface area contributed by atoms with Crippen molar-refractivity contribution < 1.29 is 9.90 Å². The summed E-state index contributed by atoms with van der Waals surface area (Å²) in [6, 6.07) is 11.1. The topological polar surface area (TPSA) is 37.3 Å². The smallest absolute Gasteiger partial charge is 0.336 e. The molecule has 0 saturated carbocycles. The van der Waals surface area contributed by atoms with Gasteiger partial charge in [-0.25, -0.2) is 4.79 Å². The number of benzene rings is 2. The molecule has 2 nitrogen and oxygen atoms in total. The van der Waals surface area contributed by atoms with Gasteiger partial charge in [0.1, 0.15) is 0 Å². The average Bonchev–Trinajstić information content (AvgIpc) is 2.16. The van der Waals surface area contributed by atoms with Crippen LogP contribution in [0.15, 0.2) is 36.4 Å². The Morgan fingerprint density at radius 2 is 1.93 bits per heavy atom. The van der Waals surface area contributed by atoms with Gasteiger partial charge in [-0.15, -0.1) is 0 Å². The van der Waals surface area contributed by atoms with E-state index in [9.17, 15) is 4.79 Å². The molecule has 0 heterocycles. The fourth-order valence-electron chi connectivity index (χ4n) is 1.57. The van der Waals surface area contributed by atoms with Crippen molar-refractivity contribution in [1.29, 1.82) is 0 Å². The van der Waals surface area contributed by atoms with Gasteiger partial charge < -0.3 is 5.11 Å². The van der Waals surface area contributed by atoms with Crippen LogP contribution in [0.1, 0.15) is 15.9 Å². The number of hydrogen-bond acceptors (Lipinski definition) is 1. The van der Waals surface area contributed by atoms with Crippen molar-refractivity contribution in [3.05, 3.63) is 47.5 Å². The minimum absolute atomic E-state index is 0. The number of fused-ring (bicyclic) bond motifs is 1. The van der Waals surface area contributed by atoms with Crippen molar-refractivity contribution in [2.24, 2.45) is 0 Å². The molecule has 0 aliphatic heterocycles. The Morgan fingerprint density at radius 1 is 1.20 bits per heavy atom. The van der Waals surface area contributed by atoms with Crippen LogP contribution in [0.2, 0.25) is 0 Å². The van der Waals surface area contributed by atoms with Crippen molar-refractivity contribution in [2.45, 2.75) is 6.92 Å². The summed E-state index contributed by atoms with van der Waals surface area (Å²) in [4.78, 5) is 10.9. The normalized spacial score (nSPS) is 9.67. The molecule has 2 aromatic carbocycles. The molecule has 0 saturated heterocycles. The minimum atomic E-state index is -0.874. The van der Waals surface area contributed by atoms with Crippen LogP contribution < -0.4 is 0 Å². The van der Waals surface area contributed by atoms with Crippen LogP contribution in [0.5, 0.6) is 0 Å². The number of aryl methyl sites for hydroxylation is 1. The maximum atomic E-state index is 10.9. The van der Waals surface area contributed by atoms with E-state index in [-0.39, 0.29) is 25.8 Å². The quantitative estimate of drug-likeness (QED) is 0.878. The molecular weight excluding hydrogens is 291 g/mol. The molecule has 0 atom stereocenters. The first-order chi connectivity index (χ1) is 6.68. The molecule has 0 spiro atoms. The molecule has 3 radical (unpaired) electrons. The third-order valence-corrected chi connectivity index (χ3v) is 2.27. The van der Waals surface area contributed by atoms with Crippen molar-refractivity contribution in [3.63, 3.8) is 0 Å². The second kappa shape index (κ2) is 4.71. The van der Waals surface area contributed by atoms with Crippen molar-refractivity contribution in [1.82, 2.24) is 0 Å². The van der Waals surface area contributed by atoms with Crippen LogP contribution in [-0.4, -0.2) is 36.9 Å². The van der Waals surface area contributed by atoms with Crippen LogP contribution >= 0.6 is 0 Å². The van der Waals surface area contributed by atoms with Gasteiger partial charge >= 0.3 is 5.97 Å². The summed E-state index contributed by atoms with van der Waals surface area (Å²) in [6.45, 7) is 1.96. The summed E-state index contributed by atoms with van der Waals surface area (Å²) in [6.07, 6.45) is 0. The third-order valence-electron chi connectivity index (χ3n) is 2.27. The molecule has 0 aliphatic carbocycles. The maximum absolute atomic E-state index is 10.9. The second-order valence-electron chi connectivity index (χ2n) is 3.34. The number of carboxylic acid groups (broad SMARTS) is 1. The van der Waals surface area contributed by atoms with E-state index in [2.05, 4.69) is 0 Å². The van der Waals surface area contributed by atoms with E-state index in [4.69, 9.17) is 5.11 Å². The van der Waals surface area contributed by atoms with Crippen molar-refractivity contribution >= 4 is 42.6 Å². The predicted molar refractivity (Wildman–Crippen MR) is 61.4 cm³/mol. The summed E-state index contributed by atoms with van der Waals surface area (Å²) < 4.78 is 0. The predicted octanol–water partition coefficient (Wildman–Crippen LogP) is 2.47. The Balaban J connectivity index is 0.00000112. The number of hydrogen-bond donors (Lipinski definition) is 1. The zero-order valence-electron chi connectivity index (χ0n) is 8.40. The first-order valence-electron chi connectivity index (χ1n) is 4.41. The summed E-state index contributed by atoms with van der Waals surface area (Å²) in [5.41, 5.74) is 1.44. The molecule has 0 aromatic heterocycles. The van der Waals surface area contributed by atoms with E-state index in [1.165, 1.54) is 0 Å². The summed E-state index contributed by atoms with van der Waals surface area (Å²) in [7, 11) is 0. The molecule has 3 heteroatoms. The zero-order valence-corrected chi connectivity index (χ0v) is 11.7. The molecule has 1 N–H and O–H groups in total. The van der Waals surface area contributed by atoms with E-state index in [1.54, 1.807) is 12.1 Å². The molecule has 0 amide bonds. The first kappa shape index (κ1) is 12.1. The molecule has 15 heavy (non-hydrogen) atoms. The van der Waals surface area contributed by atoms with E-state index in [1.807, 2.05) is 31.2 Å². The zero-order chi connectivity index (χ0) is 10.1. The number of aromatic carboxylic acids is 1. The van der Waals surface area contributed by atoms with E-state index < -0.39 is 5.97 Å². The van der Waals surface area contributed by atoms with Gasteiger partial charge in [0, 0.05) is 25.8 Å². The van der Waals surface area contributed by atoms with Crippen molar-refractivity contribution in [2.75, 3.05) is 0 Å². The van der Waals surface area contributed by atoms with Gasteiger partial charge in [0.2, 0.25) is 0 Å². The number of carboxylic acids is 1. The molecule has 0 bridgehead atoms. The fourth-order valence-corrected chi connectivity index (χ4v) is 1.57. The summed E-state index contributed by atoms with van der Waals surface area (Å²) in [5, 5.41) is 10.7. The Morgan fingerprint density at radius 3 is 2.60 bits per heavy atom. The Labute approximate surface area is 107 Å². The monoisotopic (exact) mass is 301 g/mol. The van der Waals surface area contributed by atoms with Crippen LogP contribution in [0.3, 0.4) is 0 Å². The van der Waals surface area contributed by atoms with Gasteiger partial charge in [0.05, 0.1) is 5.56 Å². The van der Waals surface area contributed by atoms with Gasteiger partial charge in [-0.2, -0.15) is 0 Å². The first-order valence-corrected chi connectivity index (χ1v) is 4.41. The molecule has 2 rings (SSSR count). The number of rotatable bonds is 1. The molecule has 73 valence electrons. The third kappa shape index (κ3) is 2.34. The summed E-state index contributed by atoms with van der Waals surface area (Å²) in [5.74, 6) is -0.874. The second-order valence-corrected chi connectivity index (χ2v) is 3.34. The van der Waals surface area contributed by atoms with Gasteiger partial charge in [0.15, 0.2) is 0 Å². The van der Waals surface area contributed by atoms with Crippen LogP contribution in [0, 0.1) is 6.92 Å². The van der Waals surface area contributed by atoms with Gasteiger partial charge in [-0.05, 0) is 23.8 Å². The minimum Gasteiger partial charge on any atom is -0.478 e. The van der Waals surface area contributed by atoms with Gasteiger partial charge in [0.25, 0.3) is 0 Å². The summed E-state index contributed by atoms with van der Waals surface area (Å²) >= 11 is 0. The molecule has 0 aliphatic rings. The van der Waals surface area contributed by atoms with E-state index in [0.717, 1.165) is 16.3 Å². The van der Waals surface area contributed by atoms with Gasteiger partial charge in [-0.3, -0.25) is 0 Å². The van der Waals surface area contributed by atoms with Crippen LogP contribution in [-0.2, 0) is 0 Å². The molecule has 0 fully saturated rings. The largest absolute Gasteiger partial charge is 0.478 e. The van der Waals surface area contributed by atoms with Crippen LogP contribution in [0.25, 0.3) is 10.8 Å². The molecule has 0 unspecified atom stereocenters. The standard InChI is InChI=1S/C12H10O2.In/c1-8-5-6-9-3-2-4-10(12(13)14)11(9)7-8;/h2-7H,1H3,(H,13,14);. The maximum Gasteiger partial charge on any atom is 0.336 e. The van der Waals surface area contributed by atoms with E-state index >= 15 is 0 Å². The van der Waals surface area contributed by atoms with Gasteiger partial charge in [-0.1, -0.05) is 35.9 Å². The average molecular weight is 301 g/mol. The Hall–Kier alpha value is -0.960. The van der Waals surface area contributed by atoms with Crippen LogP contribution in [0.4, 0.5) is 0 Å². The SMILES string of the molecule is Cc1ccc2cccc(C(=O)O)c2c1.[In]. The fraction of sp³-hybridized carbons (Fsp3) is 0.0833. The Kier molecular flexibility index (Phi) is 3.80. The number of carbonyl (C=O) groups is 1. The molecular formula is C12H10InO2. The van der Waals surface area contributed by atoms with Crippen molar-refractivity contribution in [3.8, 4) is 0 Å². The Bertz CT molecular complexity index is 506. The van der Waals surface area contributed by atoms with E-state index in [0.29, 0.717) is 5.56 Å².